The molecular formula is C18H24BrNS. The van der Waals surface area contributed by atoms with Crippen molar-refractivity contribution in [2.45, 2.75) is 46.1 Å². The van der Waals surface area contributed by atoms with Gasteiger partial charge in [-0.25, -0.2) is 0 Å². The fourth-order valence-electron chi connectivity index (χ4n) is 2.68. The Morgan fingerprint density at radius 1 is 1.24 bits per heavy atom. The van der Waals surface area contributed by atoms with Gasteiger partial charge < -0.3 is 5.32 Å². The van der Waals surface area contributed by atoms with Gasteiger partial charge in [-0.2, -0.15) is 0 Å². The van der Waals surface area contributed by atoms with E-state index in [1.165, 1.54) is 25.4 Å². The largest absolute Gasteiger partial charge is 0.306 e. The molecule has 1 aromatic heterocycles. The monoisotopic (exact) mass is 365 g/mol. The molecule has 1 aromatic carbocycles. The Bertz CT molecular complexity index is 610. The molecule has 0 saturated carbocycles. The van der Waals surface area contributed by atoms with Crippen LogP contribution in [0.4, 0.5) is 0 Å². The summed E-state index contributed by atoms with van der Waals surface area (Å²) in [6.45, 7) is 12.1. The molecule has 1 unspecified atom stereocenters. The second-order valence-corrected chi connectivity index (χ2v) is 8.54. The lowest BCUT2D eigenvalue weighted by Gasteiger charge is -2.28. The quantitative estimate of drug-likeness (QED) is 0.719. The van der Waals surface area contributed by atoms with E-state index in [-0.39, 0.29) is 11.5 Å². The lowest BCUT2D eigenvalue weighted by atomic mass is 9.81. The maximum atomic E-state index is 3.73. The number of hydrogen-bond acceptors (Lipinski definition) is 2. The molecule has 0 bridgehead atoms. The summed E-state index contributed by atoms with van der Waals surface area (Å²) >= 11 is 5.60. The van der Waals surface area contributed by atoms with Gasteiger partial charge in [0, 0.05) is 14.2 Å². The summed E-state index contributed by atoms with van der Waals surface area (Å²) in [7, 11) is 0. The predicted molar refractivity (Wildman–Crippen MR) is 97.4 cm³/mol. The van der Waals surface area contributed by atoms with E-state index < -0.39 is 0 Å². The highest BCUT2D eigenvalue weighted by molar-refractivity contribution is 9.10. The summed E-state index contributed by atoms with van der Waals surface area (Å²) in [4.78, 5) is 2.71. The fourth-order valence-corrected chi connectivity index (χ4v) is 4.65. The Hall–Kier alpha value is -0.640. The highest BCUT2D eigenvalue weighted by atomic mass is 79.9. The Labute approximate surface area is 140 Å². The molecule has 1 heterocycles. The minimum Gasteiger partial charge on any atom is -0.306 e. The van der Waals surface area contributed by atoms with Gasteiger partial charge in [0.15, 0.2) is 0 Å². The highest BCUT2D eigenvalue weighted by Gasteiger charge is 2.25. The topological polar surface area (TPSA) is 12.0 Å². The zero-order valence-corrected chi connectivity index (χ0v) is 15.9. The highest BCUT2D eigenvalue weighted by Crippen LogP contribution is 2.39. The second kappa shape index (κ2) is 6.64. The Morgan fingerprint density at radius 3 is 2.43 bits per heavy atom. The van der Waals surface area contributed by atoms with E-state index in [9.17, 15) is 0 Å². The van der Waals surface area contributed by atoms with E-state index in [2.05, 4.69) is 86.2 Å². The minimum absolute atomic E-state index is 0.142. The third kappa shape index (κ3) is 3.77. The van der Waals surface area contributed by atoms with Crippen LogP contribution in [-0.2, 0) is 5.41 Å². The smallest absolute Gasteiger partial charge is 0.0685 e. The van der Waals surface area contributed by atoms with Gasteiger partial charge in [-0.05, 0) is 52.0 Å². The maximum absolute atomic E-state index is 3.73. The van der Waals surface area contributed by atoms with Crippen LogP contribution in [0.3, 0.4) is 0 Å². The average molecular weight is 366 g/mol. The van der Waals surface area contributed by atoms with E-state index in [0.29, 0.717) is 0 Å². The first-order valence-corrected chi connectivity index (χ1v) is 9.04. The van der Waals surface area contributed by atoms with Crippen LogP contribution in [0.2, 0.25) is 0 Å². The molecule has 114 valence electrons. The van der Waals surface area contributed by atoms with Crippen molar-refractivity contribution >= 4 is 27.3 Å². The van der Waals surface area contributed by atoms with Gasteiger partial charge >= 0.3 is 0 Å². The van der Waals surface area contributed by atoms with Crippen LogP contribution < -0.4 is 5.32 Å². The van der Waals surface area contributed by atoms with Crippen molar-refractivity contribution in [3.8, 4) is 0 Å². The van der Waals surface area contributed by atoms with Crippen molar-refractivity contribution < 1.29 is 0 Å². The fraction of sp³-hybridized carbons (Fsp3) is 0.444. The van der Waals surface area contributed by atoms with E-state index in [1.807, 2.05) is 11.3 Å². The number of halogens is 1. The van der Waals surface area contributed by atoms with Gasteiger partial charge in [-0.1, -0.05) is 52.0 Å². The molecule has 2 rings (SSSR count). The number of rotatable bonds is 4. The third-order valence-corrected chi connectivity index (χ3v) is 5.62. The molecule has 0 fully saturated rings. The van der Waals surface area contributed by atoms with E-state index in [1.54, 1.807) is 0 Å². The Morgan fingerprint density at radius 2 is 1.90 bits per heavy atom. The van der Waals surface area contributed by atoms with E-state index in [0.717, 1.165) is 6.54 Å². The summed E-state index contributed by atoms with van der Waals surface area (Å²) < 4.78 is 1.21. The van der Waals surface area contributed by atoms with Crippen LogP contribution in [0, 0.1) is 6.92 Å². The molecule has 0 aliphatic carbocycles. The Balaban J connectivity index is 2.56. The van der Waals surface area contributed by atoms with Crippen LogP contribution in [0.15, 0.2) is 34.8 Å². The lowest BCUT2D eigenvalue weighted by Crippen LogP contribution is -2.25. The summed E-state index contributed by atoms with van der Waals surface area (Å²) in [5, 5.41) is 3.66. The summed E-state index contributed by atoms with van der Waals surface area (Å²) in [6.07, 6.45) is 0. The molecule has 2 aromatic rings. The predicted octanol–water partition coefficient (Wildman–Crippen LogP) is 5.82. The molecule has 0 amide bonds. The number of thiophene rings is 1. The molecule has 0 aliphatic heterocycles. The summed E-state index contributed by atoms with van der Waals surface area (Å²) in [5.74, 6) is 0. The maximum Gasteiger partial charge on any atom is 0.0685 e. The van der Waals surface area contributed by atoms with Crippen molar-refractivity contribution in [2.75, 3.05) is 6.54 Å². The molecule has 0 spiro atoms. The zero-order chi connectivity index (χ0) is 15.6. The van der Waals surface area contributed by atoms with Crippen molar-refractivity contribution in [1.29, 1.82) is 0 Å². The Kier molecular flexibility index (Phi) is 5.29. The first kappa shape index (κ1) is 16.7. The first-order chi connectivity index (χ1) is 9.84. The van der Waals surface area contributed by atoms with Crippen molar-refractivity contribution in [3.63, 3.8) is 0 Å². The van der Waals surface area contributed by atoms with Gasteiger partial charge in [0.05, 0.1) is 6.04 Å². The molecule has 3 heteroatoms. The SMILES string of the molecule is CCNC(c1ccccc1C(C)(C)C)c1sc(C)cc1Br. The van der Waals surface area contributed by atoms with E-state index in [4.69, 9.17) is 0 Å². The molecule has 0 aliphatic rings. The standard InChI is InChI=1S/C18H24BrNS/c1-6-20-16(17-15(19)11-12(2)21-17)13-9-7-8-10-14(13)18(3,4)5/h7-11,16,20H,6H2,1-5H3. The van der Waals surface area contributed by atoms with Crippen molar-refractivity contribution in [1.82, 2.24) is 5.32 Å². The molecule has 1 nitrogen and oxygen atoms in total. The number of benzene rings is 1. The number of hydrogen-bond donors (Lipinski definition) is 1. The molecule has 0 saturated heterocycles. The van der Waals surface area contributed by atoms with Gasteiger partial charge in [-0.15, -0.1) is 11.3 Å². The van der Waals surface area contributed by atoms with Crippen molar-refractivity contribution in [2.24, 2.45) is 0 Å². The van der Waals surface area contributed by atoms with Gasteiger partial charge in [0.2, 0.25) is 0 Å². The lowest BCUT2D eigenvalue weighted by molar-refractivity contribution is 0.559. The molecule has 0 radical (unpaired) electrons. The van der Waals surface area contributed by atoms with Gasteiger partial charge in [0.25, 0.3) is 0 Å². The van der Waals surface area contributed by atoms with Crippen LogP contribution >= 0.6 is 27.3 Å². The number of nitrogens with one attached hydrogen (secondary N) is 1. The minimum atomic E-state index is 0.142. The molecule has 21 heavy (non-hydrogen) atoms. The molecule has 1 atom stereocenters. The van der Waals surface area contributed by atoms with Crippen LogP contribution in [0.1, 0.15) is 54.6 Å². The van der Waals surface area contributed by atoms with Crippen LogP contribution in [-0.4, -0.2) is 6.54 Å². The zero-order valence-electron chi connectivity index (χ0n) is 13.5. The van der Waals surface area contributed by atoms with Gasteiger partial charge in [-0.3, -0.25) is 0 Å². The summed E-state index contributed by atoms with van der Waals surface area (Å²) in [6, 6.07) is 11.3. The third-order valence-electron chi connectivity index (χ3n) is 3.59. The second-order valence-electron chi connectivity index (χ2n) is 6.40. The molecular weight excluding hydrogens is 342 g/mol. The molecule has 1 N–H and O–H groups in total. The average Bonchev–Trinajstić information content (AvgIpc) is 2.74. The number of aryl methyl sites for hydroxylation is 1. The normalized spacial score (nSPS) is 13.4. The van der Waals surface area contributed by atoms with Gasteiger partial charge in [0.1, 0.15) is 0 Å². The van der Waals surface area contributed by atoms with Crippen LogP contribution in [0.25, 0.3) is 0 Å². The summed E-state index contributed by atoms with van der Waals surface area (Å²) in [5.41, 5.74) is 2.94. The van der Waals surface area contributed by atoms with Crippen molar-refractivity contribution in [3.05, 3.63) is 55.7 Å². The first-order valence-electron chi connectivity index (χ1n) is 7.43. The van der Waals surface area contributed by atoms with E-state index >= 15 is 0 Å². The van der Waals surface area contributed by atoms with Crippen LogP contribution in [0.5, 0.6) is 0 Å².